The van der Waals surface area contributed by atoms with E-state index in [4.69, 9.17) is 5.41 Å². The molecule has 0 spiro atoms. The maximum atomic E-state index is 13.2. The minimum atomic E-state index is -0.205. The molecule has 1 aliphatic rings. The Hall–Kier alpha value is -0.940. The number of hydrogen-bond donors (Lipinski definition) is 1. The Kier molecular flexibility index (Phi) is 4.58. The second-order valence-electron chi connectivity index (χ2n) is 4.70. The maximum Gasteiger partial charge on any atom is 0.182 e. The van der Waals surface area contributed by atoms with Gasteiger partial charge >= 0.3 is 0 Å². The molecule has 0 saturated carbocycles. The molecule has 0 atom stereocenters. The van der Waals surface area contributed by atoms with Crippen molar-refractivity contribution in [1.29, 1.82) is 5.41 Å². The molecule has 1 N–H and O–H groups in total. The van der Waals surface area contributed by atoms with Crippen molar-refractivity contribution in [1.82, 2.24) is 4.57 Å². The smallest absolute Gasteiger partial charge is 0.182 e. The van der Waals surface area contributed by atoms with Gasteiger partial charge in [-0.05, 0) is 43.4 Å². The van der Waals surface area contributed by atoms with E-state index in [-0.39, 0.29) is 22.8 Å². The van der Waals surface area contributed by atoms with Gasteiger partial charge in [0.05, 0.1) is 6.54 Å². The molecule has 19 heavy (non-hydrogen) atoms. The van der Waals surface area contributed by atoms with Crippen LogP contribution < -0.4 is 4.80 Å². The molecule has 0 fully saturated rings. The van der Waals surface area contributed by atoms with Crippen molar-refractivity contribution < 1.29 is 4.39 Å². The molecule has 2 nitrogen and oxygen atoms in total. The van der Waals surface area contributed by atoms with Gasteiger partial charge in [-0.15, -0.1) is 28.3 Å². The highest BCUT2D eigenvalue weighted by atomic mass is 79.9. The normalized spacial score (nSPS) is 13.7. The van der Waals surface area contributed by atoms with Gasteiger partial charge in [0.15, 0.2) is 4.80 Å². The molecule has 5 heteroatoms. The highest BCUT2D eigenvalue weighted by molar-refractivity contribution is 8.93. The lowest BCUT2D eigenvalue weighted by Gasteiger charge is -2.14. The summed E-state index contributed by atoms with van der Waals surface area (Å²) < 4.78 is 15.2. The van der Waals surface area contributed by atoms with Crippen LogP contribution in [-0.2, 0) is 19.4 Å². The van der Waals surface area contributed by atoms with Crippen LogP contribution in [0.4, 0.5) is 4.39 Å². The first-order valence-corrected chi connectivity index (χ1v) is 7.06. The maximum absolute atomic E-state index is 13.2. The summed E-state index contributed by atoms with van der Waals surface area (Å²) in [6.45, 7) is 0.614. The number of hydrogen-bond acceptors (Lipinski definition) is 2. The standard InChI is InChI=1S/C14H15FN2S.BrH/c15-11-5-3-4-10(8-11)9-17-12-6-1-2-7-13(12)18-14(17)16;/h3-5,8,16H,1-2,6-7,9H2;1H. The molecule has 0 bridgehead atoms. The number of nitrogens with zero attached hydrogens (tertiary/aromatic N) is 1. The topological polar surface area (TPSA) is 28.8 Å². The van der Waals surface area contributed by atoms with Crippen LogP contribution in [0.2, 0.25) is 0 Å². The molecule has 0 amide bonds. The minimum Gasteiger partial charge on any atom is -0.317 e. The van der Waals surface area contributed by atoms with Gasteiger partial charge in [-0.3, -0.25) is 5.41 Å². The van der Waals surface area contributed by atoms with Crippen molar-refractivity contribution in [2.45, 2.75) is 32.2 Å². The number of fused-ring (bicyclic) bond motifs is 1. The molecule has 1 heterocycles. The average molecular weight is 343 g/mol. The highest BCUT2D eigenvalue weighted by Crippen LogP contribution is 2.24. The van der Waals surface area contributed by atoms with Gasteiger partial charge in [-0.25, -0.2) is 4.39 Å². The fourth-order valence-corrected chi connectivity index (χ4v) is 3.63. The number of halogens is 2. The SMILES string of the molecule is Br.N=c1sc2c(n1Cc1cccc(F)c1)CCCC2. The van der Waals surface area contributed by atoms with E-state index in [1.54, 1.807) is 23.5 Å². The third-order valence-corrected chi connectivity index (χ3v) is 4.51. The Morgan fingerprint density at radius 2 is 2.05 bits per heavy atom. The van der Waals surface area contributed by atoms with Gasteiger partial charge in [-0.1, -0.05) is 12.1 Å². The third kappa shape index (κ3) is 2.98. The van der Waals surface area contributed by atoms with Gasteiger partial charge in [-0.2, -0.15) is 0 Å². The van der Waals surface area contributed by atoms with Crippen LogP contribution in [0.3, 0.4) is 0 Å². The molecule has 0 radical (unpaired) electrons. The van der Waals surface area contributed by atoms with E-state index in [1.165, 1.54) is 29.5 Å². The molecule has 0 aliphatic heterocycles. The van der Waals surface area contributed by atoms with E-state index in [0.29, 0.717) is 11.3 Å². The van der Waals surface area contributed by atoms with Crippen molar-refractivity contribution in [3.63, 3.8) is 0 Å². The van der Waals surface area contributed by atoms with Gasteiger partial charge in [0.1, 0.15) is 5.82 Å². The fraction of sp³-hybridized carbons (Fsp3) is 0.357. The van der Waals surface area contributed by atoms with Crippen LogP contribution in [-0.4, -0.2) is 4.57 Å². The van der Waals surface area contributed by atoms with Crippen LogP contribution in [0.5, 0.6) is 0 Å². The number of thiazole rings is 1. The van der Waals surface area contributed by atoms with Crippen LogP contribution in [0.15, 0.2) is 24.3 Å². The molecule has 0 unspecified atom stereocenters. The van der Waals surface area contributed by atoms with Gasteiger partial charge < -0.3 is 4.57 Å². The predicted octanol–water partition coefficient (Wildman–Crippen LogP) is 3.67. The monoisotopic (exact) mass is 342 g/mol. The van der Waals surface area contributed by atoms with Gasteiger partial charge in [0, 0.05) is 10.6 Å². The average Bonchev–Trinajstić information content (AvgIpc) is 2.66. The summed E-state index contributed by atoms with van der Waals surface area (Å²) in [7, 11) is 0. The quantitative estimate of drug-likeness (QED) is 0.862. The summed E-state index contributed by atoms with van der Waals surface area (Å²) in [5.41, 5.74) is 2.22. The molecular weight excluding hydrogens is 327 g/mol. The summed E-state index contributed by atoms with van der Waals surface area (Å²) >= 11 is 1.58. The Morgan fingerprint density at radius 1 is 1.26 bits per heavy atom. The molecule has 1 aromatic carbocycles. The predicted molar refractivity (Wildman–Crippen MR) is 80.6 cm³/mol. The Labute approximate surface area is 126 Å². The number of benzene rings is 1. The lowest BCUT2D eigenvalue weighted by atomic mass is 10.0. The molecule has 1 aliphatic carbocycles. The fourth-order valence-electron chi connectivity index (χ4n) is 2.54. The Balaban J connectivity index is 0.00000133. The zero-order valence-electron chi connectivity index (χ0n) is 10.5. The summed E-state index contributed by atoms with van der Waals surface area (Å²) in [4.78, 5) is 1.94. The van der Waals surface area contributed by atoms with Crippen LogP contribution in [0.25, 0.3) is 0 Å². The van der Waals surface area contributed by atoms with Crippen molar-refractivity contribution in [3.05, 3.63) is 51.0 Å². The van der Waals surface area contributed by atoms with E-state index in [2.05, 4.69) is 0 Å². The van der Waals surface area contributed by atoms with Crippen LogP contribution in [0, 0.1) is 11.2 Å². The number of aryl methyl sites for hydroxylation is 1. The largest absolute Gasteiger partial charge is 0.317 e. The second kappa shape index (κ2) is 6.01. The molecule has 0 saturated heterocycles. The number of nitrogens with one attached hydrogen (secondary N) is 1. The van der Waals surface area contributed by atoms with E-state index < -0.39 is 0 Å². The molecule has 102 valence electrons. The van der Waals surface area contributed by atoms with Gasteiger partial charge in [0.2, 0.25) is 0 Å². The molecule has 2 aromatic rings. The van der Waals surface area contributed by atoms with E-state index in [1.807, 2.05) is 10.6 Å². The summed E-state index contributed by atoms with van der Waals surface area (Å²) in [5.74, 6) is -0.205. The zero-order valence-corrected chi connectivity index (χ0v) is 13.0. The minimum absolute atomic E-state index is 0. The van der Waals surface area contributed by atoms with E-state index >= 15 is 0 Å². The molecule has 3 rings (SSSR count). The van der Waals surface area contributed by atoms with Crippen LogP contribution in [0.1, 0.15) is 29.0 Å². The number of rotatable bonds is 2. The summed E-state index contributed by atoms with van der Waals surface area (Å²) in [5, 5.41) is 8.06. The first-order chi connectivity index (χ1) is 8.74. The first kappa shape index (κ1) is 14.5. The summed E-state index contributed by atoms with van der Waals surface area (Å²) in [6.07, 6.45) is 4.58. The van der Waals surface area contributed by atoms with Crippen LogP contribution >= 0.6 is 28.3 Å². The Bertz CT molecular complexity index is 633. The Morgan fingerprint density at radius 3 is 2.84 bits per heavy atom. The van der Waals surface area contributed by atoms with E-state index in [9.17, 15) is 4.39 Å². The van der Waals surface area contributed by atoms with Crippen molar-refractivity contribution >= 4 is 28.3 Å². The first-order valence-electron chi connectivity index (χ1n) is 6.24. The van der Waals surface area contributed by atoms with Crippen molar-refractivity contribution in [2.75, 3.05) is 0 Å². The molecular formula is C14H16BrFN2S. The highest BCUT2D eigenvalue weighted by Gasteiger charge is 2.16. The van der Waals surface area contributed by atoms with Gasteiger partial charge in [0.25, 0.3) is 0 Å². The number of aromatic nitrogens is 1. The zero-order chi connectivity index (χ0) is 12.5. The van der Waals surface area contributed by atoms with Crippen molar-refractivity contribution in [2.24, 2.45) is 0 Å². The second-order valence-corrected chi connectivity index (χ2v) is 5.78. The van der Waals surface area contributed by atoms with Crippen molar-refractivity contribution in [3.8, 4) is 0 Å². The lowest BCUT2D eigenvalue weighted by Crippen LogP contribution is -2.18. The lowest BCUT2D eigenvalue weighted by molar-refractivity contribution is 0.608. The third-order valence-electron chi connectivity index (χ3n) is 3.41. The molecule has 1 aromatic heterocycles. The van der Waals surface area contributed by atoms with E-state index in [0.717, 1.165) is 18.4 Å². The summed E-state index contributed by atoms with van der Waals surface area (Å²) in [6, 6.07) is 6.66.